The third-order valence-corrected chi connectivity index (χ3v) is 4.59. The van der Waals surface area contributed by atoms with Crippen LogP contribution in [-0.4, -0.2) is 31.3 Å². The summed E-state index contributed by atoms with van der Waals surface area (Å²) in [5, 5.41) is 0. The number of fused-ring (bicyclic) bond motifs is 1. The highest BCUT2D eigenvalue weighted by molar-refractivity contribution is 7.91. The highest BCUT2D eigenvalue weighted by Crippen LogP contribution is 2.40. The fourth-order valence-corrected chi connectivity index (χ4v) is 3.00. The van der Waals surface area contributed by atoms with Gasteiger partial charge >= 0.3 is 0 Å². The second-order valence-electron chi connectivity index (χ2n) is 4.12. The smallest absolute Gasteiger partial charge is 0.143 e. The molecule has 2 fully saturated rings. The van der Waals surface area contributed by atoms with Crippen molar-refractivity contribution in [2.75, 3.05) is 19.1 Å². The van der Waals surface area contributed by atoms with Crippen LogP contribution in [0.1, 0.15) is 25.7 Å². The fraction of sp³-hybridized carbons (Fsp3) is 1.00. The first kappa shape index (κ1) is 9.81. The van der Waals surface area contributed by atoms with Crippen molar-refractivity contribution >= 4 is 11.2 Å². The molecule has 76 valence electrons. The van der Waals surface area contributed by atoms with Crippen molar-refractivity contribution in [2.24, 2.45) is 5.92 Å². The predicted octanol–water partition coefficient (Wildman–Crippen LogP) is 1.75. The summed E-state index contributed by atoms with van der Waals surface area (Å²) in [5.41, 5.74) is 0. The minimum absolute atomic E-state index is 0.183. The van der Waals surface area contributed by atoms with Gasteiger partial charge in [0.05, 0.1) is 19.3 Å². The zero-order valence-corrected chi connectivity index (χ0v) is 9.31. The fourth-order valence-electron chi connectivity index (χ4n) is 2.16. The van der Waals surface area contributed by atoms with Crippen LogP contribution in [0.5, 0.6) is 0 Å². The average molecular weight is 203 g/mol. The zero-order valence-electron chi connectivity index (χ0n) is 8.49. The molecule has 1 saturated carbocycles. The van der Waals surface area contributed by atoms with Crippen LogP contribution >= 0.6 is 0 Å². The number of hydrogen-bond acceptors (Lipinski definition) is 2. The standard InChI is InChI=1S/C10H19O2S/c1-11-13(2)6-5-8-3-4-9-10(7-8)12-9/h8-10H,3-7H2,1-2H3/q+1. The number of rotatable bonds is 4. The molecule has 2 nitrogen and oxygen atoms in total. The van der Waals surface area contributed by atoms with Crippen LogP contribution in [-0.2, 0) is 20.1 Å². The maximum Gasteiger partial charge on any atom is 0.143 e. The molecule has 0 N–H and O–H groups in total. The summed E-state index contributed by atoms with van der Waals surface area (Å²) in [5.74, 6) is 2.15. The van der Waals surface area contributed by atoms with Crippen LogP contribution in [0.25, 0.3) is 0 Å². The molecule has 1 aliphatic heterocycles. The second kappa shape index (κ2) is 4.20. The van der Waals surface area contributed by atoms with Crippen molar-refractivity contribution in [1.29, 1.82) is 0 Å². The molecular formula is C10H19O2S+. The largest absolute Gasteiger partial charge is 0.370 e. The van der Waals surface area contributed by atoms with Crippen LogP contribution in [0.4, 0.5) is 0 Å². The van der Waals surface area contributed by atoms with Gasteiger partial charge in [-0.15, -0.1) is 0 Å². The van der Waals surface area contributed by atoms with Gasteiger partial charge in [-0.05, 0) is 31.6 Å². The van der Waals surface area contributed by atoms with Crippen LogP contribution < -0.4 is 0 Å². The predicted molar refractivity (Wildman–Crippen MR) is 55.8 cm³/mol. The summed E-state index contributed by atoms with van der Waals surface area (Å²) in [6, 6.07) is 0. The molecule has 4 unspecified atom stereocenters. The summed E-state index contributed by atoms with van der Waals surface area (Å²) in [7, 11) is 1.81. The van der Waals surface area contributed by atoms with E-state index in [2.05, 4.69) is 6.26 Å². The normalized spacial score (nSPS) is 39.7. The number of ether oxygens (including phenoxy) is 1. The molecule has 0 aromatic heterocycles. The summed E-state index contributed by atoms with van der Waals surface area (Å²) in [6.07, 6.45) is 8.80. The van der Waals surface area contributed by atoms with Gasteiger partial charge in [-0.2, -0.15) is 4.18 Å². The van der Waals surface area contributed by atoms with E-state index in [1.165, 1.54) is 31.4 Å². The van der Waals surface area contributed by atoms with Gasteiger partial charge in [0.25, 0.3) is 0 Å². The van der Waals surface area contributed by atoms with Gasteiger partial charge in [-0.25, -0.2) is 0 Å². The topological polar surface area (TPSA) is 21.8 Å². The van der Waals surface area contributed by atoms with Crippen molar-refractivity contribution in [2.45, 2.75) is 37.9 Å². The molecule has 0 bridgehead atoms. The van der Waals surface area contributed by atoms with Gasteiger partial charge in [0.2, 0.25) is 0 Å². The van der Waals surface area contributed by atoms with Gasteiger partial charge in [0.1, 0.15) is 23.2 Å². The quantitative estimate of drug-likeness (QED) is 0.513. The minimum Gasteiger partial charge on any atom is -0.370 e. The van der Waals surface area contributed by atoms with Crippen molar-refractivity contribution in [1.82, 2.24) is 0 Å². The summed E-state index contributed by atoms with van der Waals surface area (Å²) < 4.78 is 10.8. The third kappa shape index (κ3) is 2.61. The second-order valence-corrected chi connectivity index (χ2v) is 6.01. The molecular weight excluding hydrogens is 184 g/mol. The van der Waals surface area contributed by atoms with E-state index in [4.69, 9.17) is 8.92 Å². The molecule has 0 aromatic carbocycles. The van der Waals surface area contributed by atoms with Gasteiger partial charge in [-0.3, -0.25) is 0 Å². The molecule has 4 atom stereocenters. The van der Waals surface area contributed by atoms with Gasteiger partial charge in [0, 0.05) is 0 Å². The van der Waals surface area contributed by atoms with Crippen molar-refractivity contribution in [3.8, 4) is 0 Å². The Bertz CT molecular complexity index is 174. The Morgan fingerprint density at radius 1 is 1.38 bits per heavy atom. The first-order valence-corrected chi connectivity index (χ1v) is 6.84. The van der Waals surface area contributed by atoms with E-state index in [-0.39, 0.29) is 11.2 Å². The Morgan fingerprint density at radius 3 is 2.92 bits per heavy atom. The average Bonchev–Trinajstić information content (AvgIpc) is 2.91. The number of hydrogen-bond donors (Lipinski definition) is 0. The lowest BCUT2D eigenvalue weighted by molar-refractivity contribution is 0.357. The molecule has 0 amide bonds. The molecule has 1 aliphatic carbocycles. The molecule has 13 heavy (non-hydrogen) atoms. The van der Waals surface area contributed by atoms with Crippen molar-refractivity contribution in [3.63, 3.8) is 0 Å². The molecule has 1 heterocycles. The Hall–Kier alpha value is 0.270. The van der Waals surface area contributed by atoms with Gasteiger partial charge in [-0.1, -0.05) is 0 Å². The Morgan fingerprint density at radius 2 is 2.23 bits per heavy atom. The van der Waals surface area contributed by atoms with E-state index in [1.807, 2.05) is 7.11 Å². The van der Waals surface area contributed by atoms with Gasteiger partial charge < -0.3 is 4.74 Å². The molecule has 0 radical (unpaired) electrons. The van der Waals surface area contributed by atoms with E-state index >= 15 is 0 Å². The van der Waals surface area contributed by atoms with Crippen LogP contribution in [0.3, 0.4) is 0 Å². The first-order valence-electron chi connectivity index (χ1n) is 5.12. The molecule has 3 heteroatoms. The van der Waals surface area contributed by atoms with E-state index in [9.17, 15) is 0 Å². The lowest BCUT2D eigenvalue weighted by Gasteiger charge is -2.17. The van der Waals surface area contributed by atoms with Crippen molar-refractivity contribution in [3.05, 3.63) is 0 Å². The Balaban J connectivity index is 1.64. The molecule has 1 saturated heterocycles. The maximum absolute atomic E-state index is 5.51. The monoisotopic (exact) mass is 203 g/mol. The van der Waals surface area contributed by atoms with Gasteiger partial charge in [0.15, 0.2) is 0 Å². The van der Waals surface area contributed by atoms with Crippen LogP contribution in [0.2, 0.25) is 0 Å². The molecule has 2 rings (SSSR count). The SMILES string of the molecule is CO[S+](C)CCC1CCC2OC2C1. The van der Waals surface area contributed by atoms with Crippen LogP contribution in [0, 0.1) is 5.92 Å². The summed E-state index contributed by atoms with van der Waals surface area (Å²) in [4.78, 5) is 0. The maximum atomic E-state index is 5.51. The summed E-state index contributed by atoms with van der Waals surface area (Å²) in [6.45, 7) is 0. The lowest BCUT2D eigenvalue weighted by Crippen LogP contribution is -2.17. The Kier molecular flexibility index (Phi) is 3.17. The van der Waals surface area contributed by atoms with Crippen molar-refractivity contribution < 1.29 is 8.92 Å². The van der Waals surface area contributed by atoms with E-state index in [0.717, 1.165) is 5.92 Å². The van der Waals surface area contributed by atoms with E-state index in [1.54, 1.807) is 0 Å². The number of epoxide rings is 1. The highest BCUT2D eigenvalue weighted by Gasteiger charge is 2.43. The van der Waals surface area contributed by atoms with Crippen LogP contribution in [0.15, 0.2) is 0 Å². The highest BCUT2D eigenvalue weighted by atomic mass is 32.2. The Labute approximate surface area is 83.5 Å². The first-order chi connectivity index (χ1) is 6.29. The van der Waals surface area contributed by atoms with E-state index < -0.39 is 0 Å². The molecule has 0 spiro atoms. The molecule has 2 aliphatic rings. The molecule has 0 aromatic rings. The minimum atomic E-state index is 0.183. The van der Waals surface area contributed by atoms with E-state index in [0.29, 0.717) is 12.2 Å². The zero-order chi connectivity index (χ0) is 9.26. The summed E-state index contributed by atoms with van der Waals surface area (Å²) >= 11 is 0.183. The third-order valence-electron chi connectivity index (χ3n) is 3.21. The lowest BCUT2D eigenvalue weighted by atomic mass is 9.88.